The highest BCUT2D eigenvalue weighted by molar-refractivity contribution is 6.04. The lowest BCUT2D eigenvalue weighted by Gasteiger charge is -2.29. The first-order valence-electron chi connectivity index (χ1n) is 8.42. The summed E-state index contributed by atoms with van der Waals surface area (Å²) in [4.78, 5) is 22.4. The molecule has 144 valence electrons. The third kappa shape index (κ3) is 3.95. The molecule has 0 aliphatic rings. The number of primary amides is 1. The number of hydrogen-bond acceptors (Lipinski definition) is 5. The molecular weight excluding hydrogens is 364 g/mol. The number of hydrogen-bond donors (Lipinski definition) is 1. The third-order valence-electron chi connectivity index (χ3n) is 4.43. The Kier molecular flexibility index (Phi) is 5.60. The molecule has 2 N–H and O–H groups in total. The minimum Gasteiger partial charge on any atom is -0.552 e. The maximum Gasteiger partial charge on any atom is 0.269 e. The Morgan fingerprint density at radius 1 is 1.11 bits per heavy atom. The Bertz CT molecular complexity index is 902. The van der Waals surface area contributed by atoms with Gasteiger partial charge < -0.3 is 14.9 Å². The van der Waals surface area contributed by atoms with E-state index in [1.54, 1.807) is 19.1 Å². The van der Waals surface area contributed by atoms with Crippen LogP contribution in [-0.4, -0.2) is 21.3 Å². The zero-order valence-electron chi connectivity index (χ0n) is 16.4. The summed E-state index contributed by atoms with van der Waals surface area (Å²) in [5.74, 6) is 0.931. The van der Waals surface area contributed by atoms with Gasteiger partial charge in [-0.05, 0) is 42.5 Å². The molecule has 0 aliphatic carbocycles. The van der Waals surface area contributed by atoms with E-state index >= 15 is 0 Å². The molecule has 0 bridgehead atoms. The van der Waals surface area contributed by atoms with Crippen molar-refractivity contribution in [1.82, 2.24) is 0 Å². The summed E-state index contributed by atoms with van der Waals surface area (Å²) in [6.45, 7) is 9.64. The first-order valence-corrected chi connectivity index (χ1v) is 9.24. The van der Waals surface area contributed by atoms with Crippen LogP contribution in [0.5, 0.6) is 17.2 Å². The van der Waals surface area contributed by atoms with Crippen LogP contribution in [0, 0.1) is 24.0 Å². The number of nitrogens with two attached hydrogens (primary N) is 1. The Balaban J connectivity index is 2.73. The second-order valence-electron chi connectivity index (χ2n) is 7.33. The van der Waals surface area contributed by atoms with Crippen LogP contribution in [0.25, 0.3) is 0 Å². The van der Waals surface area contributed by atoms with Crippen molar-refractivity contribution in [3.8, 4) is 17.2 Å². The van der Waals surface area contributed by atoms with E-state index in [1.807, 2.05) is 27.7 Å². The zero-order chi connectivity index (χ0) is 20.5. The number of benzene rings is 2. The van der Waals surface area contributed by atoms with Crippen LogP contribution in [0.1, 0.15) is 47.8 Å². The van der Waals surface area contributed by atoms with Gasteiger partial charge in [0.1, 0.15) is 17.2 Å². The molecular formula is C19H24N2O5Si. The highest BCUT2D eigenvalue weighted by atomic mass is 28.2. The number of rotatable bonds is 5. The van der Waals surface area contributed by atoms with Gasteiger partial charge in [-0.25, -0.2) is 0 Å². The Morgan fingerprint density at radius 3 is 2.07 bits per heavy atom. The van der Waals surface area contributed by atoms with Crippen LogP contribution < -0.4 is 14.9 Å². The minimum atomic E-state index is -0.547. The van der Waals surface area contributed by atoms with Gasteiger partial charge in [0.15, 0.2) is 0 Å². The molecule has 2 aromatic rings. The van der Waals surface area contributed by atoms with Gasteiger partial charge in [0.05, 0.1) is 10.5 Å². The van der Waals surface area contributed by atoms with E-state index in [2.05, 4.69) is 0 Å². The van der Waals surface area contributed by atoms with E-state index in [1.165, 1.54) is 12.1 Å². The molecule has 0 aliphatic heterocycles. The average Bonchev–Trinajstić information content (AvgIpc) is 2.57. The Labute approximate surface area is 161 Å². The number of carbonyl (C=O) groups is 1. The van der Waals surface area contributed by atoms with E-state index in [9.17, 15) is 14.9 Å². The number of nitro benzene ring substituents is 1. The van der Waals surface area contributed by atoms with E-state index in [0.717, 1.165) is 11.1 Å². The maximum absolute atomic E-state index is 12.1. The lowest BCUT2D eigenvalue weighted by atomic mass is 9.81. The predicted octanol–water partition coefficient (Wildman–Crippen LogP) is 3.06. The average molecular weight is 388 g/mol. The smallest absolute Gasteiger partial charge is 0.269 e. The predicted molar refractivity (Wildman–Crippen MR) is 107 cm³/mol. The van der Waals surface area contributed by atoms with Crippen molar-refractivity contribution in [2.45, 2.75) is 40.0 Å². The summed E-state index contributed by atoms with van der Waals surface area (Å²) >= 11 is 0. The van der Waals surface area contributed by atoms with Crippen molar-refractivity contribution >= 4 is 22.1 Å². The van der Waals surface area contributed by atoms with Crippen LogP contribution >= 0.6 is 0 Å². The van der Waals surface area contributed by atoms with Crippen LogP contribution in [0.2, 0.25) is 0 Å². The lowest BCUT2D eigenvalue weighted by Crippen LogP contribution is -2.22. The van der Waals surface area contributed by atoms with Gasteiger partial charge in [-0.15, -0.1) is 0 Å². The standard InChI is InChI=1S/C19H24N2O5Si/c1-10-11(2)16(25-13-8-6-12(7-9-13)21(23)24)15(19(3,4)5)17(26-27)14(10)18(20)22/h6-9H,1-5,27H3,(H2,20,22). The SMILES string of the molecule is Cc1c(C)c(C(N)=O)c(O[SiH3])c(C(C)(C)C)c1Oc1ccc([N+](=O)[O-])cc1. The molecule has 0 heterocycles. The van der Waals surface area contributed by atoms with Crippen LogP contribution in [-0.2, 0) is 5.41 Å². The van der Waals surface area contributed by atoms with Gasteiger partial charge in [-0.3, -0.25) is 14.9 Å². The van der Waals surface area contributed by atoms with Gasteiger partial charge in [0, 0.05) is 17.7 Å². The van der Waals surface area contributed by atoms with Crippen molar-refractivity contribution in [2.75, 3.05) is 0 Å². The summed E-state index contributed by atoms with van der Waals surface area (Å²) in [5, 5.41) is 10.8. The molecule has 7 nitrogen and oxygen atoms in total. The molecule has 2 aromatic carbocycles. The first-order chi connectivity index (χ1) is 12.5. The summed E-state index contributed by atoms with van der Waals surface area (Å²) in [7, 11) is 0.378. The Hall–Kier alpha value is -2.87. The lowest BCUT2D eigenvalue weighted by molar-refractivity contribution is -0.384. The summed E-state index contributed by atoms with van der Waals surface area (Å²) in [6, 6.07) is 5.86. The highest BCUT2D eigenvalue weighted by Crippen LogP contribution is 2.46. The molecule has 0 fully saturated rings. The van der Waals surface area contributed by atoms with Gasteiger partial charge in [0.2, 0.25) is 10.5 Å². The van der Waals surface area contributed by atoms with E-state index in [0.29, 0.717) is 38.9 Å². The van der Waals surface area contributed by atoms with Gasteiger partial charge in [-0.1, -0.05) is 20.8 Å². The molecule has 0 spiro atoms. The zero-order valence-corrected chi connectivity index (χ0v) is 18.4. The van der Waals surface area contributed by atoms with E-state index in [4.69, 9.17) is 14.9 Å². The van der Waals surface area contributed by atoms with Crippen molar-refractivity contribution in [2.24, 2.45) is 5.73 Å². The largest absolute Gasteiger partial charge is 0.552 e. The number of carbonyl (C=O) groups excluding carboxylic acids is 1. The van der Waals surface area contributed by atoms with E-state index in [-0.39, 0.29) is 5.69 Å². The van der Waals surface area contributed by atoms with Crippen molar-refractivity contribution in [1.29, 1.82) is 0 Å². The van der Waals surface area contributed by atoms with Crippen molar-refractivity contribution < 1.29 is 18.9 Å². The topological polar surface area (TPSA) is 105 Å². The van der Waals surface area contributed by atoms with Crippen molar-refractivity contribution in [3.05, 3.63) is 56.6 Å². The molecule has 0 saturated heterocycles. The minimum absolute atomic E-state index is 0.0149. The third-order valence-corrected chi connectivity index (χ3v) is 4.84. The molecule has 1 amide bonds. The number of nitrogens with zero attached hydrogens (tertiary/aromatic N) is 1. The van der Waals surface area contributed by atoms with Crippen LogP contribution in [0.15, 0.2) is 24.3 Å². The van der Waals surface area contributed by atoms with Gasteiger partial charge in [-0.2, -0.15) is 0 Å². The molecule has 0 saturated carbocycles. The summed E-state index contributed by atoms with van der Waals surface area (Å²) in [5.41, 5.74) is 7.78. The molecule has 0 radical (unpaired) electrons. The first kappa shape index (κ1) is 20.4. The fourth-order valence-electron chi connectivity index (χ4n) is 3.01. The number of ether oxygens (including phenoxy) is 1. The molecule has 2 rings (SSSR count). The normalized spacial score (nSPS) is 11.3. The number of non-ortho nitro benzene ring substituents is 1. The second-order valence-corrected chi connectivity index (χ2v) is 7.74. The van der Waals surface area contributed by atoms with E-state index < -0.39 is 16.2 Å². The van der Waals surface area contributed by atoms with Gasteiger partial charge >= 0.3 is 0 Å². The fourth-order valence-corrected chi connectivity index (χ4v) is 3.42. The molecule has 27 heavy (non-hydrogen) atoms. The summed E-state index contributed by atoms with van der Waals surface area (Å²) in [6.07, 6.45) is 0. The Morgan fingerprint density at radius 2 is 1.67 bits per heavy atom. The maximum atomic E-state index is 12.1. The number of amides is 1. The summed E-state index contributed by atoms with van der Waals surface area (Å²) < 4.78 is 11.8. The fraction of sp³-hybridized carbons (Fsp3) is 0.316. The molecule has 0 unspecified atom stereocenters. The van der Waals surface area contributed by atoms with Crippen LogP contribution in [0.3, 0.4) is 0 Å². The van der Waals surface area contributed by atoms with Crippen molar-refractivity contribution in [3.63, 3.8) is 0 Å². The quantitative estimate of drug-likeness (QED) is 0.481. The second kappa shape index (κ2) is 7.40. The molecule has 0 aromatic heterocycles. The number of nitro groups is 1. The van der Waals surface area contributed by atoms with Gasteiger partial charge in [0.25, 0.3) is 11.6 Å². The van der Waals surface area contributed by atoms with Crippen LogP contribution in [0.4, 0.5) is 5.69 Å². The molecule has 8 heteroatoms. The monoisotopic (exact) mass is 388 g/mol. The molecule has 0 atom stereocenters. The highest BCUT2D eigenvalue weighted by Gasteiger charge is 2.31.